The first kappa shape index (κ1) is 11.7. The molecule has 0 amide bonds. The molecule has 1 aliphatic rings. The summed E-state index contributed by atoms with van der Waals surface area (Å²) >= 11 is 0. The van der Waals surface area contributed by atoms with Crippen LogP contribution in [-0.2, 0) is 4.79 Å². The van der Waals surface area contributed by atoms with Crippen LogP contribution in [0.1, 0.15) is 45.4 Å². The summed E-state index contributed by atoms with van der Waals surface area (Å²) in [7, 11) is 2.01. The van der Waals surface area contributed by atoms with Gasteiger partial charge in [0, 0.05) is 12.3 Å². The van der Waals surface area contributed by atoms with Crippen molar-refractivity contribution < 1.29 is 4.79 Å². The van der Waals surface area contributed by atoms with E-state index in [-0.39, 0.29) is 0 Å². The largest absolute Gasteiger partial charge is 0.319 e. The van der Waals surface area contributed by atoms with Crippen LogP contribution >= 0.6 is 0 Å². The Hall–Kier alpha value is -0.370. The van der Waals surface area contributed by atoms with Gasteiger partial charge < -0.3 is 5.32 Å². The van der Waals surface area contributed by atoms with Gasteiger partial charge in [-0.25, -0.2) is 0 Å². The highest BCUT2D eigenvalue weighted by molar-refractivity contribution is 5.80. The van der Waals surface area contributed by atoms with Crippen molar-refractivity contribution in [1.29, 1.82) is 0 Å². The predicted molar refractivity (Wildman–Crippen MR) is 59.3 cm³/mol. The summed E-state index contributed by atoms with van der Waals surface area (Å²) in [5.41, 5.74) is 0. The third-order valence-electron chi connectivity index (χ3n) is 3.29. The highest BCUT2D eigenvalue weighted by Crippen LogP contribution is 2.29. The summed E-state index contributed by atoms with van der Waals surface area (Å²) in [6.45, 7) is 3.21. The Labute approximate surface area is 87.5 Å². The molecule has 1 rings (SSSR count). The molecule has 0 aromatic rings. The third kappa shape index (κ3) is 3.41. The average molecular weight is 197 g/mol. The van der Waals surface area contributed by atoms with Crippen LogP contribution in [0.3, 0.4) is 0 Å². The molecule has 1 N–H and O–H groups in total. The molecule has 0 radical (unpaired) electrons. The van der Waals surface area contributed by atoms with E-state index in [0.29, 0.717) is 11.7 Å². The Kier molecular flexibility index (Phi) is 5.16. The van der Waals surface area contributed by atoms with E-state index in [1.54, 1.807) is 0 Å². The van der Waals surface area contributed by atoms with Crippen LogP contribution in [0.4, 0.5) is 0 Å². The van der Waals surface area contributed by atoms with Crippen LogP contribution in [0.2, 0.25) is 0 Å². The highest BCUT2D eigenvalue weighted by atomic mass is 16.1. The lowest BCUT2D eigenvalue weighted by atomic mass is 9.79. The molecule has 0 aromatic heterocycles. The Balaban J connectivity index is 2.24. The monoisotopic (exact) mass is 197 g/mol. The molecule has 0 aromatic carbocycles. The van der Waals surface area contributed by atoms with Crippen LogP contribution in [0, 0.1) is 11.8 Å². The normalized spacial score (nSPS) is 27.6. The Morgan fingerprint density at radius 1 is 1.29 bits per heavy atom. The molecule has 2 heteroatoms. The van der Waals surface area contributed by atoms with Gasteiger partial charge in [-0.2, -0.15) is 0 Å². The number of ketones is 1. The van der Waals surface area contributed by atoms with Crippen molar-refractivity contribution in [3.05, 3.63) is 0 Å². The Morgan fingerprint density at radius 2 is 1.93 bits per heavy atom. The lowest BCUT2D eigenvalue weighted by Gasteiger charge is -2.27. The number of hydrogen-bond acceptors (Lipinski definition) is 2. The van der Waals surface area contributed by atoms with Crippen molar-refractivity contribution in [2.24, 2.45) is 11.8 Å². The van der Waals surface area contributed by atoms with E-state index >= 15 is 0 Å². The Morgan fingerprint density at radius 3 is 2.43 bits per heavy atom. The van der Waals surface area contributed by atoms with E-state index in [4.69, 9.17) is 0 Å². The van der Waals surface area contributed by atoms with Crippen molar-refractivity contribution in [3.63, 3.8) is 0 Å². The third-order valence-corrected chi connectivity index (χ3v) is 3.29. The predicted octanol–water partition coefficient (Wildman–Crippen LogP) is 2.38. The van der Waals surface area contributed by atoms with Crippen LogP contribution in [-0.4, -0.2) is 19.4 Å². The fraction of sp³-hybridized carbons (Fsp3) is 0.917. The van der Waals surface area contributed by atoms with Gasteiger partial charge in [-0.15, -0.1) is 0 Å². The first-order valence-electron chi connectivity index (χ1n) is 5.95. The maximum Gasteiger partial charge on any atom is 0.135 e. The zero-order valence-corrected chi connectivity index (χ0v) is 9.51. The van der Waals surface area contributed by atoms with E-state index in [1.165, 1.54) is 12.8 Å². The number of rotatable bonds is 5. The number of hydrogen-bond donors (Lipinski definition) is 1. The highest BCUT2D eigenvalue weighted by Gasteiger charge is 2.24. The van der Waals surface area contributed by atoms with E-state index in [0.717, 1.165) is 38.1 Å². The summed E-state index contributed by atoms with van der Waals surface area (Å²) < 4.78 is 0. The first-order valence-corrected chi connectivity index (χ1v) is 5.95. The Bertz CT molecular complexity index is 171. The topological polar surface area (TPSA) is 29.1 Å². The second-order valence-electron chi connectivity index (χ2n) is 4.49. The molecule has 2 nitrogen and oxygen atoms in total. The maximum absolute atomic E-state index is 11.6. The van der Waals surface area contributed by atoms with Gasteiger partial charge in [0.05, 0.1) is 0 Å². The SMILES string of the molecule is CCCC(=O)C1CCC(CNC)CC1. The van der Waals surface area contributed by atoms with Gasteiger partial charge in [0.2, 0.25) is 0 Å². The molecule has 0 spiro atoms. The number of carbonyl (C=O) groups excluding carboxylic acids is 1. The van der Waals surface area contributed by atoms with E-state index < -0.39 is 0 Å². The van der Waals surface area contributed by atoms with E-state index in [1.807, 2.05) is 7.05 Å². The molecule has 1 fully saturated rings. The molecule has 82 valence electrons. The van der Waals surface area contributed by atoms with Crippen molar-refractivity contribution in [1.82, 2.24) is 5.32 Å². The fourth-order valence-electron chi connectivity index (χ4n) is 2.43. The fourth-order valence-corrected chi connectivity index (χ4v) is 2.43. The van der Waals surface area contributed by atoms with Crippen LogP contribution in [0.5, 0.6) is 0 Å². The quantitative estimate of drug-likeness (QED) is 0.733. The lowest BCUT2D eigenvalue weighted by Crippen LogP contribution is -2.27. The number of Topliss-reactive ketones (excluding diaryl/α,β-unsaturated/α-hetero) is 1. The van der Waals surface area contributed by atoms with E-state index in [2.05, 4.69) is 12.2 Å². The minimum Gasteiger partial charge on any atom is -0.319 e. The van der Waals surface area contributed by atoms with Gasteiger partial charge in [0.25, 0.3) is 0 Å². The van der Waals surface area contributed by atoms with Crippen molar-refractivity contribution >= 4 is 5.78 Å². The summed E-state index contributed by atoms with van der Waals surface area (Å²) in [5, 5.41) is 3.22. The van der Waals surface area contributed by atoms with Crippen LogP contribution in [0.25, 0.3) is 0 Å². The summed E-state index contributed by atoms with van der Waals surface area (Å²) in [6.07, 6.45) is 6.54. The number of nitrogens with one attached hydrogen (secondary N) is 1. The van der Waals surface area contributed by atoms with Gasteiger partial charge in [0.1, 0.15) is 5.78 Å². The standard InChI is InChI=1S/C12H23NO/c1-3-4-12(14)11-7-5-10(6-8-11)9-13-2/h10-11,13H,3-9H2,1-2H3. The molecular weight excluding hydrogens is 174 g/mol. The molecule has 0 saturated heterocycles. The molecular formula is C12H23NO. The summed E-state index contributed by atoms with van der Waals surface area (Å²) in [4.78, 5) is 11.6. The van der Waals surface area contributed by atoms with Crippen molar-refractivity contribution in [2.75, 3.05) is 13.6 Å². The molecule has 0 bridgehead atoms. The minimum atomic E-state index is 0.392. The zero-order valence-electron chi connectivity index (χ0n) is 9.51. The van der Waals surface area contributed by atoms with Gasteiger partial charge in [-0.3, -0.25) is 4.79 Å². The minimum absolute atomic E-state index is 0.392. The molecule has 0 atom stereocenters. The number of carbonyl (C=O) groups is 1. The second-order valence-corrected chi connectivity index (χ2v) is 4.49. The molecule has 0 unspecified atom stereocenters. The van der Waals surface area contributed by atoms with Gasteiger partial charge in [0.15, 0.2) is 0 Å². The summed E-state index contributed by atoms with van der Waals surface area (Å²) in [5.74, 6) is 1.71. The molecule has 1 saturated carbocycles. The molecule has 0 aliphatic heterocycles. The molecule has 1 aliphatic carbocycles. The first-order chi connectivity index (χ1) is 6.77. The second kappa shape index (κ2) is 6.18. The van der Waals surface area contributed by atoms with Gasteiger partial charge in [-0.1, -0.05) is 6.92 Å². The zero-order chi connectivity index (χ0) is 10.4. The van der Waals surface area contributed by atoms with Gasteiger partial charge >= 0.3 is 0 Å². The molecule has 14 heavy (non-hydrogen) atoms. The smallest absolute Gasteiger partial charge is 0.135 e. The van der Waals surface area contributed by atoms with Gasteiger partial charge in [-0.05, 0) is 51.6 Å². The van der Waals surface area contributed by atoms with Crippen LogP contribution < -0.4 is 5.32 Å². The molecule has 0 heterocycles. The van der Waals surface area contributed by atoms with E-state index in [9.17, 15) is 4.79 Å². The van der Waals surface area contributed by atoms with Crippen LogP contribution in [0.15, 0.2) is 0 Å². The van der Waals surface area contributed by atoms with Crippen molar-refractivity contribution in [2.45, 2.75) is 45.4 Å². The lowest BCUT2D eigenvalue weighted by molar-refractivity contribution is -0.124. The maximum atomic E-state index is 11.6. The average Bonchev–Trinajstić information content (AvgIpc) is 2.20. The van der Waals surface area contributed by atoms with Crippen molar-refractivity contribution in [3.8, 4) is 0 Å². The summed E-state index contributed by atoms with van der Waals surface area (Å²) in [6, 6.07) is 0.